The van der Waals surface area contributed by atoms with Crippen LogP contribution in [-0.2, 0) is 12.8 Å². The highest BCUT2D eigenvalue weighted by atomic mass is 32.1. The van der Waals surface area contributed by atoms with Crippen LogP contribution in [-0.4, -0.2) is 7.11 Å². The molecule has 94 valence electrons. The Hall–Kier alpha value is -1.48. The maximum atomic E-state index is 6.22. The molecule has 1 aliphatic rings. The zero-order valence-corrected chi connectivity index (χ0v) is 11.3. The lowest BCUT2D eigenvalue weighted by molar-refractivity contribution is 0.415. The van der Waals surface area contributed by atoms with E-state index in [0.29, 0.717) is 0 Å². The number of rotatable bonds is 2. The van der Waals surface area contributed by atoms with Gasteiger partial charge in [0.1, 0.15) is 5.75 Å². The number of nitrogens with two attached hydrogens (primary N) is 1. The summed E-state index contributed by atoms with van der Waals surface area (Å²) in [5.41, 5.74) is 10.1. The van der Waals surface area contributed by atoms with Crippen LogP contribution in [0.5, 0.6) is 5.75 Å². The van der Waals surface area contributed by atoms with Crippen LogP contribution < -0.4 is 10.5 Å². The van der Waals surface area contributed by atoms with Crippen molar-refractivity contribution in [3.05, 3.63) is 34.7 Å². The molecule has 2 nitrogen and oxygen atoms in total. The van der Waals surface area contributed by atoms with Crippen molar-refractivity contribution in [1.29, 1.82) is 0 Å². The van der Waals surface area contributed by atoms with Crippen molar-refractivity contribution in [2.24, 2.45) is 0 Å². The van der Waals surface area contributed by atoms with E-state index in [-0.39, 0.29) is 0 Å². The molecule has 1 heterocycles. The van der Waals surface area contributed by atoms with Crippen molar-refractivity contribution in [2.45, 2.75) is 25.7 Å². The van der Waals surface area contributed by atoms with E-state index in [1.807, 2.05) is 12.1 Å². The van der Waals surface area contributed by atoms with Crippen LogP contribution in [0.25, 0.3) is 11.1 Å². The number of hydrogen-bond donors (Lipinski definition) is 1. The molecule has 0 amide bonds. The number of thiophene rings is 1. The third kappa shape index (κ3) is 1.89. The molecule has 0 spiro atoms. The summed E-state index contributed by atoms with van der Waals surface area (Å²) in [5, 5.41) is 0.954. The molecule has 2 aromatic rings. The quantitative estimate of drug-likeness (QED) is 0.888. The summed E-state index contributed by atoms with van der Waals surface area (Å²) >= 11 is 1.76. The fourth-order valence-corrected chi connectivity index (χ4v) is 3.86. The third-order valence-electron chi connectivity index (χ3n) is 3.56. The molecule has 0 unspecified atom stereocenters. The second-order valence-electron chi connectivity index (χ2n) is 4.68. The van der Waals surface area contributed by atoms with Gasteiger partial charge in [-0.1, -0.05) is 12.1 Å². The molecule has 0 aliphatic heterocycles. The smallest absolute Gasteiger partial charge is 0.119 e. The highest BCUT2D eigenvalue weighted by molar-refractivity contribution is 7.16. The van der Waals surface area contributed by atoms with E-state index in [1.165, 1.54) is 40.8 Å². The van der Waals surface area contributed by atoms with E-state index in [0.717, 1.165) is 17.2 Å². The molecule has 0 radical (unpaired) electrons. The molecular weight excluding hydrogens is 242 g/mol. The Kier molecular flexibility index (Phi) is 3.00. The lowest BCUT2D eigenvalue weighted by Gasteiger charge is -2.13. The summed E-state index contributed by atoms with van der Waals surface area (Å²) in [4.78, 5) is 1.48. The predicted molar refractivity (Wildman–Crippen MR) is 77.4 cm³/mol. The van der Waals surface area contributed by atoms with Gasteiger partial charge in [0.2, 0.25) is 0 Å². The molecule has 3 rings (SSSR count). The molecule has 0 atom stereocenters. The number of ether oxygens (including phenoxy) is 1. The molecule has 1 aliphatic carbocycles. The summed E-state index contributed by atoms with van der Waals surface area (Å²) in [5.74, 6) is 0.891. The van der Waals surface area contributed by atoms with E-state index < -0.39 is 0 Å². The molecule has 3 heteroatoms. The van der Waals surface area contributed by atoms with Crippen molar-refractivity contribution in [3.63, 3.8) is 0 Å². The normalized spacial score (nSPS) is 14.3. The van der Waals surface area contributed by atoms with E-state index in [2.05, 4.69) is 12.1 Å². The lowest BCUT2D eigenvalue weighted by Crippen LogP contribution is -1.99. The van der Waals surface area contributed by atoms with Gasteiger partial charge in [-0.25, -0.2) is 0 Å². The second-order valence-corrected chi connectivity index (χ2v) is 5.82. The van der Waals surface area contributed by atoms with Gasteiger partial charge in [-0.05, 0) is 48.9 Å². The van der Waals surface area contributed by atoms with Crippen LogP contribution in [0.1, 0.15) is 23.3 Å². The van der Waals surface area contributed by atoms with Gasteiger partial charge in [0, 0.05) is 10.4 Å². The first-order chi connectivity index (χ1) is 8.79. The Morgan fingerprint density at radius 1 is 1.22 bits per heavy atom. The molecule has 1 aromatic heterocycles. The Balaban J connectivity index is 2.13. The van der Waals surface area contributed by atoms with E-state index in [1.54, 1.807) is 18.4 Å². The van der Waals surface area contributed by atoms with Gasteiger partial charge < -0.3 is 10.5 Å². The number of hydrogen-bond acceptors (Lipinski definition) is 3. The number of nitrogen functional groups attached to an aromatic ring is 1. The summed E-state index contributed by atoms with van der Waals surface area (Å²) in [6.07, 6.45) is 4.92. The van der Waals surface area contributed by atoms with Crippen LogP contribution in [0.3, 0.4) is 0 Å². The van der Waals surface area contributed by atoms with Crippen LogP contribution in [0.2, 0.25) is 0 Å². The molecule has 1 aromatic carbocycles. The molecular formula is C15H17NOS. The molecule has 2 N–H and O–H groups in total. The number of aryl methyl sites for hydroxylation is 1. The monoisotopic (exact) mass is 259 g/mol. The molecule has 0 saturated carbocycles. The standard InChI is InChI=1S/C15H17NOS/c1-17-11-6-4-5-10(9-11)14-12-7-2-3-8-13(12)18-15(14)16/h4-6,9H,2-3,7-8,16H2,1H3. The molecule has 0 saturated heterocycles. The number of benzene rings is 1. The van der Waals surface area contributed by atoms with Crippen LogP contribution in [0, 0.1) is 0 Å². The first-order valence-corrected chi connectivity index (χ1v) is 7.15. The van der Waals surface area contributed by atoms with E-state index in [9.17, 15) is 0 Å². The first-order valence-electron chi connectivity index (χ1n) is 6.34. The van der Waals surface area contributed by atoms with Gasteiger partial charge in [-0.3, -0.25) is 0 Å². The lowest BCUT2D eigenvalue weighted by atomic mass is 9.92. The fraction of sp³-hybridized carbons (Fsp3) is 0.333. The van der Waals surface area contributed by atoms with Crippen molar-refractivity contribution in [3.8, 4) is 16.9 Å². The SMILES string of the molecule is COc1cccc(-c2c(N)sc3c2CCCC3)c1. The Morgan fingerprint density at radius 2 is 2.06 bits per heavy atom. The number of fused-ring (bicyclic) bond motifs is 1. The second kappa shape index (κ2) is 4.65. The third-order valence-corrected chi connectivity index (χ3v) is 4.68. The van der Waals surface area contributed by atoms with Gasteiger partial charge in [0.15, 0.2) is 0 Å². The summed E-state index contributed by atoms with van der Waals surface area (Å²) < 4.78 is 5.30. The highest BCUT2D eigenvalue weighted by Crippen LogP contribution is 2.43. The van der Waals surface area contributed by atoms with Crippen LogP contribution in [0.4, 0.5) is 5.00 Å². The van der Waals surface area contributed by atoms with Crippen LogP contribution in [0.15, 0.2) is 24.3 Å². The van der Waals surface area contributed by atoms with Crippen molar-refractivity contribution >= 4 is 16.3 Å². The van der Waals surface area contributed by atoms with E-state index in [4.69, 9.17) is 10.5 Å². The van der Waals surface area contributed by atoms with E-state index >= 15 is 0 Å². The zero-order chi connectivity index (χ0) is 12.5. The van der Waals surface area contributed by atoms with Gasteiger partial charge in [0.25, 0.3) is 0 Å². The highest BCUT2D eigenvalue weighted by Gasteiger charge is 2.20. The summed E-state index contributed by atoms with van der Waals surface area (Å²) in [6, 6.07) is 8.20. The Morgan fingerprint density at radius 3 is 2.89 bits per heavy atom. The average Bonchev–Trinajstić information content (AvgIpc) is 2.74. The zero-order valence-electron chi connectivity index (χ0n) is 10.5. The minimum absolute atomic E-state index is 0.891. The number of methoxy groups -OCH3 is 1. The van der Waals surface area contributed by atoms with Gasteiger partial charge >= 0.3 is 0 Å². The minimum atomic E-state index is 0.891. The Bertz CT molecular complexity index is 574. The van der Waals surface area contributed by atoms with Crippen molar-refractivity contribution in [1.82, 2.24) is 0 Å². The maximum absolute atomic E-state index is 6.22. The largest absolute Gasteiger partial charge is 0.497 e. The molecule has 0 fully saturated rings. The fourth-order valence-electron chi connectivity index (χ4n) is 2.68. The van der Waals surface area contributed by atoms with Gasteiger partial charge in [-0.15, -0.1) is 11.3 Å². The van der Waals surface area contributed by atoms with Gasteiger partial charge in [0.05, 0.1) is 12.1 Å². The van der Waals surface area contributed by atoms with Crippen molar-refractivity contribution in [2.75, 3.05) is 12.8 Å². The molecule has 0 bridgehead atoms. The number of anilines is 1. The first kappa shape index (κ1) is 11.6. The molecule has 18 heavy (non-hydrogen) atoms. The minimum Gasteiger partial charge on any atom is -0.497 e. The van der Waals surface area contributed by atoms with Crippen molar-refractivity contribution < 1.29 is 4.74 Å². The predicted octanol–water partition coefficient (Wildman–Crippen LogP) is 3.88. The summed E-state index contributed by atoms with van der Waals surface area (Å²) in [7, 11) is 1.70. The summed E-state index contributed by atoms with van der Waals surface area (Å²) in [6.45, 7) is 0. The van der Waals surface area contributed by atoms with Gasteiger partial charge in [-0.2, -0.15) is 0 Å². The van der Waals surface area contributed by atoms with Crippen LogP contribution >= 0.6 is 11.3 Å². The average molecular weight is 259 g/mol. The topological polar surface area (TPSA) is 35.2 Å². The Labute approximate surface area is 111 Å². The maximum Gasteiger partial charge on any atom is 0.119 e.